The van der Waals surface area contributed by atoms with Crippen LogP contribution in [0.3, 0.4) is 0 Å². The molecule has 0 spiro atoms. The van der Waals surface area contributed by atoms with Gasteiger partial charge in [0.2, 0.25) is 5.91 Å². The van der Waals surface area contributed by atoms with Crippen LogP contribution in [0.4, 0.5) is 0 Å². The number of nitrogens with one attached hydrogen (secondary N) is 1. The van der Waals surface area contributed by atoms with E-state index < -0.39 is 0 Å². The van der Waals surface area contributed by atoms with E-state index in [0.717, 1.165) is 19.3 Å². The van der Waals surface area contributed by atoms with Gasteiger partial charge in [-0.1, -0.05) is 6.92 Å². The Kier molecular flexibility index (Phi) is 3.87. The number of fused-ring (bicyclic) bond motifs is 1. The minimum absolute atomic E-state index is 0.0686. The summed E-state index contributed by atoms with van der Waals surface area (Å²) in [6.07, 6.45) is 3.36. The van der Waals surface area contributed by atoms with Crippen molar-refractivity contribution in [3.05, 3.63) is 21.9 Å². The van der Waals surface area contributed by atoms with Gasteiger partial charge in [0.1, 0.15) is 0 Å². The molecule has 1 heterocycles. The van der Waals surface area contributed by atoms with Crippen LogP contribution >= 0.6 is 22.9 Å². The number of thiophene rings is 1. The molecular weight excluding hydrogens is 242 g/mol. The van der Waals surface area contributed by atoms with Crippen molar-refractivity contribution in [3.8, 4) is 0 Å². The lowest BCUT2D eigenvalue weighted by molar-refractivity contribution is -0.124. The van der Waals surface area contributed by atoms with Crippen LogP contribution in [-0.4, -0.2) is 11.8 Å². The van der Waals surface area contributed by atoms with E-state index in [0.29, 0.717) is 5.88 Å². The Labute approximate surface area is 105 Å². The summed E-state index contributed by atoms with van der Waals surface area (Å²) >= 11 is 7.48. The summed E-state index contributed by atoms with van der Waals surface area (Å²) in [6, 6.07) is 2.34. The lowest BCUT2D eigenvalue weighted by Gasteiger charge is -2.24. The molecule has 2 rings (SSSR count). The number of rotatable bonds is 3. The predicted octanol–water partition coefficient (Wildman–Crippen LogP) is 3.12. The molecule has 0 aliphatic heterocycles. The first-order chi connectivity index (χ1) is 7.72. The zero-order chi connectivity index (χ0) is 11.5. The number of aryl methyl sites for hydroxylation is 1. The minimum Gasteiger partial charge on any atom is -0.349 e. The Hall–Kier alpha value is -0.540. The highest BCUT2D eigenvalue weighted by Gasteiger charge is 2.24. The molecule has 1 aromatic heterocycles. The summed E-state index contributed by atoms with van der Waals surface area (Å²) in [7, 11) is 0. The van der Waals surface area contributed by atoms with E-state index in [9.17, 15) is 4.79 Å². The third-order valence-corrected chi connectivity index (χ3v) is 4.51. The Morgan fingerprint density at radius 1 is 1.75 bits per heavy atom. The third-order valence-electron chi connectivity index (χ3n) is 3.05. The van der Waals surface area contributed by atoms with Gasteiger partial charge in [0.25, 0.3) is 0 Å². The summed E-state index contributed by atoms with van der Waals surface area (Å²) in [5.74, 6) is 0.347. The fourth-order valence-corrected chi connectivity index (χ4v) is 3.15. The summed E-state index contributed by atoms with van der Waals surface area (Å²) in [5, 5.41) is 5.21. The van der Waals surface area contributed by atoms with Gasteiger partial charge in [0.15, 0.2) is 0 Å². The fraction of sp³-hybridized carbons (Fsp3) is 0.583. The number of carbonyl (C=O) groups excluding carboxylic acids is 1. The topological polar surface area (TPSA) is 29.1 Å². The summed E-state index contributed by atoms with van der Waals surface area (Å²) in [5.41, 5.74) is 1.31. The molecule has 0 saturated carbocycles. The second-order valence-corrected chi connectivity index (χ2v) is 5.62. The van der Waals surface area contributed by atoms with Crippen LogP contribution in [0.2, 0.25) is 0 Å². The smallest absolute Gasteiger partial charge is 0.224 e. The maximum Gasteiger partial charge on any atom is 0.224 e. The van der Waals surface area contributed by atoms with Gasteiger partial charge in [-0.05, 0) is 36.3 Å². The van der Waals surface area contributed by atoms with Gasteiger partial charge in [-0.25, -0.2) is 0 Å². The van der Waals surface area contributed by atoms with Crippen LogP contribution in [0.15, 0.2) is 11.4 Å². The third kappa shape index (κ3) is 2.41. The van der Waals surface area contributed by atoms with Crippen LogP contribution in [0.5, 0.6) is 0 Å². The molecule has 2 atom stereocenters. The normalized spacial score (nSPS) is 21.2. The van der Waals surface area contributed by atoms with Gasteiger partial charge in [-0.15, -0.1) is 22.9 Å². The SMILES string of the molecule is CC(CCl)C(=O)NC1CCCc2sccc21. The van der Waals surface area contributed by atoms with Gasteiger partial charge < -0.3 is 5.32 Å². The van der Waals surface area contributed by atoms with Crippen LogP contribution < -0.4 is 5.32 Å². The fourth-order valence-electron chi connectivity index (χ4n) is 2.02. The first-order valence-electron chi connectivity index (χ1n) is 5.65. The largest absolute Gasteiger partial charge is 0.349 e. The highest BCUT2D eigenvalue weighted by Crippen LogP contribution is 2.33. The average Bonchev–Trinajstić information content (AvgIpc) is 2.77. The molecule has 1 aliphatic rings. The highest BCUT2D eigenvalue weighted by molar-refractivity contribution is 7.10. The van der Waals surface area contributed by atoms with Crippen molar-refractivity contribution in [1.82, 2.24) is 5.32 Å². The van der Waals surface area contributed by atoms with E-state index in [1.807, 2.05) is 6.92 Å². The Morgan fingerprint density at radius 2 is 2.56 bits per heavy atom. The van der Waals surface area contributed by atoms with Gasteiger partial charge in [0.05, 0.1) is 6.04 Å². The Balaban J connectivity index is 2.05. The number of hydrogen-bond donors (Lipinski definition) is 1. The zero-order valence-electron chi connectivity index (χ0n) is 9.33. The molecule has 0 saturated heterocycles. The van der Waals surface area contributed by atoms with E-state index in [4.69, 9.17) is 11.6 Å². The molecule has 0 bridgehead atoms. The second-order valence-electron chi connectivity index (χ2n) is 4.31. The molecule has 1 aromatic rings. The Bertz CT molecular complexity index is 377. The number of hydrogen-bond acceptors (Lipinski definition) is 2. The van der Waals surface area contributed by atoms with E-state index in [1.165, 1.54) is 10.4 Å². The minimum atomic E-state index is -0.106. The quantitative estimate of drug-likeness (QED) is 0.829. The molecule has 4 heteroatoms. The maximum absolute atomic E-state index is 11.8. The molecule has 0 aromatic carbocycles. The number of alkyl halides is 1. The predicted molar refractivity (Wildman–Crippen MR) is 68.0 cm³/mol. The lowest BCUT2D eigenvalue weighted by atomic mass is 9.93. The first-order valence-corrected chi connectivity index (χ1v) is 7.06. The van der Waals surface area contributed by atoms with Crippen molar-refractivity contribution < 1.29 is 4.79 Å². The van der Waals surface area contributed by atoms with Crippen LogP contribution in [0.1, 0.15) is 36.2 Å². The molecule has 88 valence electrons. The van der Waals surface area contributed by atoms with Crippen molar-refractivity contribution in [2.24, 2.45) is 5.92 Å². The summed E-state index contributed by atoms with van der Waals surface area (Å²) in [6.45, 7) is 1.86. The van der Waals surface area contributed by atoms with Crippen molar-refractivity contribution in [1.29, 1.82) is 0 Å². The average molecular weight is 258 g/mol. The molecule has 16 heavy (non-hydrogen) atoms. The summed E-state index contributed by atoms with van der Waals surface area (Å²) < 4.78 is 0. The number of carbonyl (C=O) groups is 1. The monoisotopic (exact) mass is 257 g/mol. The molecule has 2 unspecified atom stereocenters. The van der Waals surface area contributed by atoms with Crippen molar-refractivity contribution in [3.63, 3.8) is 0 Å². The van der Waals surface area contributed by atoms with Crippen LogP contribution in [0.25, 0.3) is 0 Å². The molecule has 1 aliphatic carbocycles. The number of halogens is 1. The lowest BCUT2D eigenvalue weighted by Crippen LogP contribution is -2.34. The second kappa shape index (κ2) is 5.19. The van der Waals surface area contributed by atoms with E-state index >= 15 is 0 Å². The van der Waals surface area contributed by atoms with Crippen LogP contribution in [0, 0.1) is 5.92 Å². The molecule has 0 fully saturated rings. The highest BCUT2D eigenvalue weighted by atomic mass is 35.5. The van der Waals surface area contributed by atoms with Gasteiger partial charge in [-0.3, -0.25) is 4.79 Å². The van der Waals surface area contributed by atoms with Crippen molar-refractivity contribution in [2.45, 2.75) is 32.2 Å². The van der Waals surface area contributed by atoms with Gasteiger partial charge in [-0.2, -0.15) is 0 Å². The maximum atomic E-state index is 11.8. The van der Waals surface area contributed by atoms with E-state index in [1.54, 1.807) is 11.3 Å². The van der Waals surface area contributed by atoms with E-state index in [2.05, 4.69) is 16.8 Å². The first kappa shape index (κ1) is 11.9. The molecule has 1 N–H and O–H groups in total. The van der Waals surface area contributed by atoms with Crippen molar-refractivity contribution >= 4 is 28.8 Å². The standard InChI is InChI=1S/C12H16ClNOS/c1-8(7-13)12(15)14-10-3-2-4-11-9(10)5-6-16-11/h5-6,8,10H,2-4,7H2,1H3,(H,14,15). The summed E-state index contributed by atoms with van der Waals surface area (Å²) in [4.78, 5) is 13.2. The van der Waals surface area contributed by atoms with Crippen LogP contribution in [-0.2, 0) is 11.2 Å². The molecular formula is C12H16ClNOS. The molecule has 1 amide bonds. The zero-order valence-corrected chi connectivity index (χ0v) is 10.9. The van der Waals surface area contributed by atoms with Crippen molar-refractivity contribution in [2.75, 3.05) is 5.88 Å². The van der Waals surface area contributed by atoms with Gasteiger partial charge >= 0.3 is 0 Å². The Morgan fingerprint density at radius 3 is 3.31 bits per heavy atom. The molecule has 0 radical (unpaired) electrons. The van der Waals surface area contributed by atoms with Gasteiger partial charge in [0, 0.05) is 16.7 Å². The number of amides is 1. The molecule has 2 nitrogen and oxygen atoms in total. The van der Waals surface area contributed by atoms with E-state index in [-0.39, 0.29) is 17.9 Å².